The highest BCUT2D eigenvalue weighted by atomic mass is 35.5. The van der Waals surface area contributed by atoms with E-state index in [1.807, 2.05) is 36.4 Å². The molecule has 0 aliphatic heterocycles. The van der Waals surface area contributed by atoms with Gasteiger partial charge in [-0.1, -0.05) is 54.1 Å². The molecule has 0 bridgehead atoms. The molecule has 156 valence electrons. The molecule has 6 nitrogen and oxygen atoms in total. The number of para-hydroxylation sites is 1. The summed E-state index contributed by atoms with van der Waals surface area (Å²) in [5.74, 6) is -0.156. The van der Waals surface area contributed by atoms with Crippen molar-refractivity contribution in [1.29, 1.82) is 0 Å². The van der Waals surface area contributed by atoms with Crippen molar-refractivity contribution in [2.24, 2.45) is 10.2 Å². The second-order valence-corrected chi connectivity index (χ2v) is 7.82. The van der Waals surface area contributed by atoms with E-state index in [2.05, 4.69) is 15.2 Å². The van der Waals surface area contributed by atoms with Crippen LogP contribution in [0.3, 0.4) is 0 Å². The maximum absolute atomic E-state index is 13.2. The van der Waals surface area contributed by atoms with Crippen molar-refractivity contribution in [3.05, 3.63) is 106 Å². The van der Waals surface area contributed by atoms with Crippen LogP contribution in [0.2, 0.25) is 5.02 Å². The third-order valence-corrected chi connectivity index (χ3v) is 5.46. The van der Waals surface area contributed by atoms with Gasteiger partial charge in [0, 0.05) is 22.0 Å². The lowest BCUT2D eigenvalue weighted by molar-refractivity contribution is 0.104. The summed E-state index contributed by atoms with van der Waals surface area (Å²) in [6.07, 6.45) is 1.43. The number of azo groups is 1. The molecule has 0 aliphatic rings. The van der Waals surface area contributed by atoms with Crippen LogP contribution in [0, 0.1) is 0 Å². The third kappa shape index (κ3) is 3.40. The van der Waals surface area contributed by atoms with E-state index in [4.69, 9.17) is 11.6 Å². The lowest BCUT2D eigenvalue weighted by Gasteiger charge is -2.01. The second kappa shape index (κ2) is 7.90. The summed E-state index contributed by atoms with van der Waals surface area (Å²) in [6, 6.07) is 21.5. The minimum atomic E-state index is -0.158. The van der Waals surface area contributed by atoms with Gasteiger partial charge in [0.2, 0.25) is 0 Å². The van der Waals surface area contributed by atoms with Crippen LogP contribution in [-0.2, 0) is 0 Å². The number of ketones is 1. The molecule has 0 spiro atoms. The highest BCUT2D eigenvalue weighted by Gasteiger charge is 2.17. The number of nitrogens with zero attached hydrogens (tertiary/aromatic N) is 3. The standard InChI is InChI=1S/C25H17ClN4O2/c1-15(13-22(31)16-7-3-2-4-8-16)28-29-23-19-14-17(26)11-12-21(19)30-24(23)27-20-10-6-5-9-18(20)25(30)32/h2-14,27H,1H3. The average Bonchev–Trinajstić information content (AvgIpc) is 3.11. The van der Waals surface area contributed by atoms with E-state index in [-0.39, 0.29) is 11.3 Å². The molecule has 0 saturated carbocycles. The molecular weight excluding hydrogens is 424 g/mol. The number of hydrogen-bond donors (Lipinski definition) is 1. The van der Waals surface area contributed by atoms with E-state index in [0.29, 0.717) is 49.4 Å². The summed E-state index contributed by atoms with van der Waals surface area (Å²) in [5.41, 5.74) is 3.21. The molecule has 0 atom stereocenters. The van der Waals surface area contributed by atoms with Gasteiger partial charge in [-0.25, -0.2) is 0 Å². The van der Waals surface area contributed by atoms with Gasteiger partial charge in [-0.05, 0) is 37.3 Å². The smallest absolute Gasteiger partial charge is 0.266 e. The average molecular weight is 441 g/mol. The predicted molar refractivity (Wildman–Crippen MR) is 127 cm³/mol. The molecule has 0 aliphatic carbocycles. The van der Waals surface area contributed by atoms with Gasteiger partial charge in [0.15, 0.2) is 5.78 Å². The molecule has 2 aromatic heterocycles. The van der Waals surface area contributed by atoms with Gasteiger partial charge >= 0.3 is 0 Å². The largest absolute Gasteiger partial charge is 0.339 e. The number of rotatable bonds is 4. The second-order valence-electron chi connectivity index (χ2n) is 7.39. The molecule has 0 saturated heterocycles. The van der Waals surface area contributed by atoms with E-state index < -0.39 is 0 Å². The van der Waals surface area contributed by atoms with E-state index in [1.165, 1.54) is 6.08 Å². The molecule has 0 unspecified atom stereocenters. The number of carbonyl (C=O) groups excluding carboxylic acids is 1. The first kappa shape index (κ1) is 19.9. The Morgan fingerprint density at radius 3 is 2.56 bits per heavy atom. The summed E-state index contributed by atoms with van der Waals surface area (Å²) < 4.78 is 1.58. The molecule has 0 radical (unpaired) electrons. The number of benzene rings is 3. The summed E-state index contributed by atoms with van der Waals surface area (Å²) in [6.45, 7) is 1.70. The van der Waals surface area contributed by atoms with Gasteiger partial charge in [-0.2, -0.15) is 5.11 Å². The fraction of sp³-hybridized carbons (Fsp3) is 0.0400. The molecule has 0 fully saturated rings. The Balaban J connectivity index is 1.69. The van der Waals surface area contributed by atoms with Gasteiger partial charge in [-0.15, -0.1) is 5.11 Å². The van der Waals surface area contributed by atoms with Crippen molar-refractivity contribution in [3.63, 3.8) is 0 Å². The Morgan fingerprint density at radius 2 is 1.75 bits per heavy atom. The number of aromatic amines is 1. The number of aromatic nitrogens is 2. The molecular formula is C25H17ClN4O2. The minimum Gasteiger partial charge on any atom is -0.339 e. The van der Waals surface area contributed by atoms with Crippen LogP contribution >= 0.6 is 11.6 Å². The minimum absolute atomic E-state index is 0.156. The van der Waals surface area contributed by atoms with Crippen molar-refractivity contribution >= 4 is 50.5 Å². The first-order valence-electron chi connectivity index (χ1n) is 9.97. The number of allylic oxidation sites excluding steroid dienone is 2. The highest BCUT2D eigenvalue weighted by molar-refractivity contribution is 6.31. The number of fused-ring (bicyclic) bond motifs is 4. The van der Waals surface area contributed by atoms with Crippen LogP contribution < -0.4 is 5.56 Å². The summed E-state index contributed by atoms with van der Waals surface area (Å²) >= 11 is 6.24. The summed E-state index contributed by atoms with van der Waals surface area (Å²) in [7, 11) is 0. The van der Waals surface area contributed by atoms with Crippen molar-refractivity contribution in [2.45, 2.75) is 6.92 Å². The molecule has 5 rings (SSSR count). The fourth-order valence-electron chi connectivity index (χ4n) is 3.73. The lowest BCUT2D eigenvalue weighted by atomic mass is 10.1. The number of halogens is 1. The zero-order valence-electron chi connectivity index (χ0n) is 17.0. The van der Waals surface area contributed by atoms with Crippen LogP contribution in [-0.4, -0.2) is 15.2 Å². The van der Waals surface area contributed by atoms with E-state index in [9.17, 15) is 9.59 Å². The maximum Gasteiger partial charge on any atom is 0.266 e. The number of hydrogen-bond acceptors (Lipinski definition) is 4. The summed E-state index contributed by atoms with van der Waals surface area (Å²) in [4.78, 5) is 28.9. The van der Waals surface area contributed by atoms with Crippen LogP contribution in [0.4, 0.5) is 5.69 Å². The quantitative estimate of drug-likeness (QED) is 0.198. The number of H-pyrrole nitrogens is 1. The topological polar surface area (TPSA) is 79.1 Å². The molecule has 0 amide bonds. The molecule has 2 heterocycles. The molecule has 1 N–H and O–H groups in total. The van der Waals surface area contributed by atoms with Gasteiger partial charge in [0.1, 0.15) is 11.3 Å². The molecule has 7 heteroatoms. The summed E-state index contributed by atoms with van der Waals surface area (Å²) in [5, 5.41) is 10.4. The Kier molecular flexibility index (Phi) is 4.92. The lowest BCUT2D eigenvalue weighted by Crippen LogP contribution is -2.13. The van der Waals surface area contributed by atoms with E-state index in [0.717, 1.165) is 0 Å². The third-order valence-electron chi connectivity index (χ3n) is 5.22. The Morgan fingerprint density at radius 1 is 1.00 bits per heavy atom. The van der Waals surface area contributed by atoms with Gasteiger partial charge in [0.25, 0.3) is 5.56 Å². The fourth-order valence-corrected chi connectivity index (χ4v) is 3.91. The Labute approximate surface area is 187 Å². The zero-order chi connectivity index (χ0) is 22.2. The van der Waals surface area contributed by atoms with Crippen molar-refractivity contribution in [2.75, 3.05) is 0 Å². The van der Waals surface area contributed by atoms with Crippen LogP contribution in [0.1, 0.15) is 17.3 Å². The van der Waals surface area contributed by atoms with Crippen molar-refractivity contribution in [1.82, 2.24) is 9.38 Å². The van der Waals surface area contributed by atoms with Gasteiger partial charge < -0.3 is 4.98 Å². The Hall–Kier alpha value is -4.03. The van der Waals surface area contributed by atoms with Crippen LogP contribution in [0.15, 0.2) is 99.6 Å². The van der Waals surface area contributed by atoms with Crippen molar-refractivity contribution in [3.8, 4) is 0 Å². The molecule has 32 heavy (non-hydrogen) atoms. The normalized spacial score (nSPS) is 12.4. The molecule has 3 aromatic carbocycles. The van der Waals surface area contributed by atoms with Crippen LogP contribution in [0.25, 0.3) is 27.5 Å². The SMILES string of the molecule is CC(=CC(=O)c1ccccc1)N=Nc1c2cc(Cl)ccc2n2c(=O)c3ccccc3[nH]c12. The first-order valence-corrected chi connectivity index (χ1v) is 10.3. The van der Waals surface area contributed by atoms with Crippen LogP contribution in [0.5, 0.6) is 0 Å². The number of nitrogens with one attached hydrogen (secondary N) is 1. The zero-order valence-corrected chi connectivity index (χ0v) is 17.8. The van der Waals surface area contributed by atoms with E-state index in [1.54, 1.807) is 47.7 Å². The van der Waals surface area contributed by atoms with Gasteiger partial charge in [0.05, 0.1) is 22.1 Å². The monoisotopic (exact) mass is 440 g/mol. The molecule has 5 aromatic rings. The maximum atomic E-state index is 13.2. The Bertz CT molecular complexity index is 1630. The first-order chi connectivity index (χ1) is 15.5. The highest BCUT2D eigenvalue weighted by Crippen LogP contribution is 2.35. The number of carbonyl (C=O) groups is 1. The van der Waals surface area contributed by atoms with Gasteiger partial charge in [-0.3, -0.25) is 14.0 Å². The van der Waals surface area contributed by atoms with Crippen molar-refractivity contribution < 1.29 is 4.79 Å². The predicted octanol–water partition coefficient (Wildman–Crippen LogP) is 6.46. The van der Waals surface area contributed by atoms with E-state index >= 15 is 0 Å².